The van der Waals surface area contributed by atoms with E-state index in [1.807, 2.05) is 12.1 Å². The molecule has 1 N–H and O–H groups in total. The first-order valence-corrected chi connectivity index (χ1v) is 7.94. The van der Waals surface area contributed by atoms with Crippen LogP contribution in [0.1, 0.15) is 31.1 Å². The van der Waals surface area contributed by atoms with Crippen molar-refractivity contribution in [1.29, 1.82) is 0 Å². The largest absolute Gasteiger partial charge is 0.467 e. The first-order chi connectivity index (χ1) is 10.3. The molecule has 0 saturated heterocycles. The van der Waals surface area contributed by atoms with Crippen molar-refractivity contribution in [3.63, 3.8) is 0 Å². The molecule has 4 heteroatoms. The van der Waals surface area contributed by atoms with E-state index in [0.29, 0.717) is 6.04 Å². The molecule has 0 bridgehead atoms. The van der Waals surface area contributed by atoms with Crippen molar-refractivity contribution in [3.05, 3.63) is 52.9 Å². The number of nitrogens with one attached hydrogen (secondary N) is 1. The first-order valence-electron chi connectivity index (χ1n) is 7.56. The maximum absolute atomic E-state index is 6.52. The highest BCUT2D eigenvalue weighted by Crippen LogP contribution is 2.37. The molecule has 1 aliphatic rings. The lowest BCUT2D eigenvalue weighted by molar-refractivity contribution is 0.501. The van der Waals surface area contributed by atoms with Gasteiger partial charge in [0.15, 0.2) is 0 Å². The van der Waals surface area contributed by atoms with E-state index >= 15 is 0 Å². The Morgan fingerprint density at radius 2 is 2.19 bits per heavy atom. The molecule has 3 nitrogen and oxygen atoms in total. The van der Waals surface area contributed by atoms with Crippen molar-refractivity contribution < 1.29 is 4.42 Å². The second-order valence-corrected chi connectivity index (χ2v) is 5.91. The van der Waals surface area contributed by atoms with E-state index in [1.165, 1.54) is 18.4 Å². The number of nitrogens with zero attached hydrogens (tertiary/aromatic N) is 1. The molecule has 0 amide bonds. The van der Waals surface area contributed by atoms with Gasteiger partial charge in [-0.1, -0.05) is 24.6 Å². The van der Waals surface area contributed by atoms with Crippen LogP contribution in [0.2, 0.25) is 5.02 Å². The summed E-state index contributed by atoms with van der Waals surface area (Å²) in [6.45, 7) is 4.71. The zero-order valence-corrected chi connectivity index (χ0v) is 13.1. The minimum absolute atomic E-state index is 0.590. The van der Waals surface area contributed by atoms with Gasteiger partial charge in [-0.05, 0) is 49.2 Å². The van der Waals surface area contributed by atoms with E-state index in [0.717, 1.165) is 36.1 Å². The van der Waals surface area contributed by atoms with Gasteiger partial charge in [0.1, 0.15) is 5.76 Å². The SMILES string of the molecule is CCNCc1ccc(N(Cc2ccco2)C2CC2)c(Cl)c1. The lowest BCUT2D eigenvalue weighted by Crippen LogP contribution is -2.25. The average molecular weight is 305 g/mol. The Kier molecular flexibility index (Phi) is 4.51. The molecule has 1 aliphatic carbocycles. The van der Waals surface area contributed by atoms with Gasteiger partial charge in [-0.2, -0.15) is 0 Å². The zero-order chi connectivity index (χ0) is 14.7. The number of rotatable bonds is 7. The van der Waals surface area contributed by atoms with E-state index in [9.17, 15) is 0 Å². The van der Waals surface area contributed by atoms with Crippen molar-refractivity contribution in [2.45, 2.75) is 38.9 Å². The number of benzene rings is 1. The predicted octanol–water partition coefficient (Wildman–Crippen LogP) is 4.21. The maximum Gasteiger partial charge on any atom is 0.123 e. The molecule has 0 atom stereocenters. The first kappa shape index (κ1) is 14.5. The Bertz CT molecular complexity index is 578. The summed E-state index contributed by atoms with van der Waals surface area (Å²) >= 11 is 6.52. The third-order valence-electron chi connectivity index (χ3n) is 3.79. The van der Waals surface area contributed by atoms with Crippen LogP contribution in [0.3, 0.4) is 0 Å². The smallest absolute Gasteiger partial charge is 0.123 e. The highest BCUT2D eigenvalue weighted by atomic mass is 35.5. The summed E-state index contributed by atoms with van der Waals surface area (Å²) in [5, 5.41) is 4.15. The van der Waals surface area contributed by atoms with Crippen LogP contribution in [0.15, 0.2) is 41.0 Å². The minimum atomic E-state index is 0.590. The van der Waals surface area contributed by atoms with Crippen LogP contribution >= 0.6 is 11.6 Å². The van der Waals surface area contributed by atoms with E-state index in [4.69, 9.17) is 16.0 Å². The molecule has 112 valence electrons. The van der Waals surface area contributed by atoms with Crippen LogP contribution in [0.4, 0.5) is 5.69 Å². The Hall–Kier alpha value is -1.45. The van der Waals surface area contributed by atoms with Gasteiger partial charge in [0, 0.05) is 12.6 Å². The van der Waals surface area contributed by atoms with E-state index < -0.39 is 0 Å². The molecule has 21 heavy (non-hydrogen) atoms. The quantitative estimate of drug-likeness (QED) is 0.830. The molecule has 1 heterocycles. The second kappa shape index (κ2) is 6.54. The lowest BCUT2D eigenvalue weighted by atomic mass is 10.2. The van der Waals surface area contributed by atoms with Gasteiger partial charge >= 0.3 is 0 Å². The normalized spacial score (nSPS) is 14.4. The molecule has 0 aliphatic heterocycles. The van der Waals surface area contributed by atoms with E-state index in [-0.39, 0.29) is 0 Å². The van der Waals surface area contributed by atoms with Gasteiger partial charge in [0.25, 0.3) is 0 Å². The van der Waals surface area contributed by atoms with Crippen molar-refractivity contribution in [3.8, 4) is 0 Å². The molecule has 1 fully saturated rings. The van der Waals surface area contributed by atoms with Crippen molar-refractivity contribution in [2.24, 2.45) is 0 Å². The van der Waals surface area contributed by atoms with Gasteiger partial charge < -0.3 is 14.6 Å². The van der Waals surface area contributed by atoms with Crippen molar-refractivity contribution >= 4 is 17.3 Å². The van der Waals surface area contributed by atoms with Gasteiger partial charge in [0.2, 0.25) is 0 Å². The van der Waals surface area contributed by atoms with Crippen LogP contribution in [-0.2, 0) is 13.1 Å². The van der Waals surface area contributed by atoms with Crippen LogP contribution in [0.25, 0.3) is 0 Å². The summed E-state index contributed by atoms with van der Waals surface area (Å²) in [4.78, 5) is 2.36. The van der Waals surface area contributed by atoms with Crippen molar-refractivity contribution in [1.82, 2.24) is 5.32 Å². The monoisotopic (exact) mass is 304 g/mol. The Labute approximate surface area is 130 Å². The highest BCUT2D eigenvalue weighted by molar-refractivity contribution is 6.33. The molecule has 3 rings (SSSR count). The fourth-order valence-electron chi connectivity index (χ4n) is 2.53. The van der Waals surface area contributed by atoms with E-state index in [1.54, 1.807) is 6.26 Å². The average Bonchev–Trinajstić information content (AvgIpc) is 3.20. The fourth-order valence-corrected chi connectivity index (χ4v) is 2.84. The van der Waals surface area contributed by atoms with Crippen LogP contribution in [0, 0.1) is 0 Å². The predicted molar refractivity (Wildman–Crippen MR) is 86.7 cm³/mol. The van der Waals surface area contributed by atoms with Crippen LogP contribution < -0.4 is 10.2 Å². The number of anilines is 1. The third-order valence-corrected chi connectivity index (χ3v) is 4.10. The number of halogens is 1. The molecular weight excluding hydrogens is 284 g/mol. The Balaban J connectivity index is 1.79. The molecule has 0 unspecified atom stereocenters. The summed E-state index contributed by atoms with van der Waals surface area (Å²) in [6, 6.07) is 10.9. The van der Waals surface area contributed by atoms with Gasteiger partial charge in [-0.25, -0.2) is 0 Å². The summed E-state index contributed by atoms with van der Waals surface area (Å²) < 4.78 is 5.49. The molecule has 1 aromatic heterocycles. The summed E-state index contributed by atoms with van der Waals surface area (Å²) in [5.74, 6) is 0.981. The summed E-state index contributed by atoms with van der Waals surface area (Å²) in [6.07, 6.45) is 4.19. The maximum atomic E-state index is 6.52. The number of hydrogen-bond acceptors (Lipinski definition) is 3. The van der Waals surface area contributed by atoms with Crippen molar-refractivity contribution in [2.75, 3.05) is 11.4 Å². The highest BCUT2D eigenvalue weighted by Gasteiger charge is 2.30. The molecule has 0 radical (unpaired) electrons. The lowest BCUT2D eigenvalue weighted by Gasteiger charge is -2.25. The standard InChI is InChI=1S/C17H21ClN2O/c1-2-19-11-13-5-8-17(16(18)10-13)20(14-6-7-14)12-15-4-3-9-21-15/h3-5,8-10,14,19H,2,6-7,11-12H2,1H3. The summed E-state index contributed by atoms with van der Waals surface area (Å²) in [7, 11) is 0. The molecule has 1 saturated carbocycles. The van der Waals surface area contributed by atoms with E-state index in [2.05, 4.69) is 35.3 Å². The fraction of sp³-hybridized carbons (Fsp3) is 0.412. The zero-order valence-electron chi connectivity index (χ0n) is 12.3. The molecule has 2 aromatic rings. The number of furan rings is 1. The molecule has 0 spiro atoms. The minimum Gasteiger partial charge on any atom is -0.467 e. The van der Waals surface area contributed by atoms with Gasteiger partial charge in [-0.15, -0.1) is 0 Å². The summed E-state index contributed by atoms with van der Waals surface area (Å²) in [5.41, 5.74) is 2.33. The van der Waals surface area contributed by atoms with Crippen LogP contribution in [0.5, 0.6) is 0 Å². The number of hydrogen-bond donors (Lipinski definition) is 1. The Morgan fingerprint density at radius 3 is 2.81 bits per heavy atom. The van der Waals surface area contributed by atoms with Gasteiger partial charge in [-0.3, -0.25) is 0 Å². The Morgan fingerprint density at radius 1 is 1.33 bits per heavy atom. The van der Waals surface area contributed by atoms with Gasteiger partial charge in [0.05, 0.1) is 23.5 Å². The van der Waals surface area contributed by atoms with Crippen LogP contribution in [-0.4, -0.2) is 12.6 Å². The topological polar surface area (TPSA) is 28.4 Å². The molecule has 1 aromatic carbocycles. The third kappa shape index (κ3) is 3.60. The second-order valence-electron chi connectivity index (χ2n) is 5.50. The molecular formula is C17H21ClN2O.